The molecule has 5 heteroatoms. The van der Waals surface area contributed by atoms with Gasteiger partial charge >= 0.3 is 0 Å². The highest BCUT2D eigenvalue weighted by Crippen LogP contribution is 2.27. The lowest BCUT2D eigenvalue weighted by Crippen LogP contribution is -2.05. The van der Waals surface area contributed by atoms with Crippen molar-refractivity contribution in [1.82, 2.24) is 9.97 Å². The van der Waals surface area contributed by atoms with Crippen LogP contribution in [0.5, 0.6) is 0 Å². The zero-order valence-electron chi connectivity index (χ0n) is 11.3. The van der Waals surface area contributed by atoms with Gasteiger partial charge in [0, 0.05) is 16.0 Å². The lowest BCUT2D eigenvalue weighted by Gasteiger charge is -2.11. The first-order chi connectivity index (χ1) is 9.78. The normalized spacial score (nSPS) is 10.8. The molecule has 0 saturated heterocycles. The van der Waals surface area contributed by atoms with Gasteiger partial charge in [-0.05, 0) is 41.5 Å². The van der Waals surface area contributed by atoms with E-state index in [1.807, 2.05) is 0 Å². The van der Waals surface area contributed by atoms with Crippen LogP contribution in [0.2, 0.25) is 0 Å². The molecule has 20 heavy (non-hydrogen) atoms. The molecule has 0 fully saturated rings. The lowest BCUT2D eigenvalue weighted by molar-refractivity contribution is 0.908. The van der Waals surface area contributed by atoms with E-state index in [0.29, 0.717) is 5.82 Å². The summed E-state index contributed by atoms with van der Waals surface area (Å²) in [6.07, 6.45) is 3.38. The summed E-state index contributed by atoms with van der Waals surface area (Å²) in [6.45, 7) is 2.12. The fourth-order valence-corrected chi connectivity index (χ4v) is 2.98. The molecular weight excluding hydrogens is 268 g/mol. The number of nitrogens with one attached hydrogen (secondary N) is 1. The van der Waals surface area contributed by atoms with Crippen LogP contribution in [0, 0.1) is 0 Å². The van der Waals surface area contributed by atoms with E-state index in [2.05, 4.69) is 51.9 Å². The maximum Gasteiger partial charge on any atom is 0.139 e. The van der Waals surface area contributed by atoms with Gasteiger partial charge in [0.1, 0.15) is 18.0 Å². The van der Waals surface area contributed by atoms with Crippen molar-refractivity contribution in [2.75, 3.05) is 11.1 Å². The van der Waals surface area contributed by atoms with E-state index in [4.69, 9.17) is 5.73 Å². The summed E-state index contributed by atoms with van der Waals surface area (Å²) in [4.78, 5) is 8.39. The van der Waals surface area contributed by atoms with Crippen LogP contribution in [-0.2, 0) is 6.42 Å². The van der Waals surface area contributed by atoms with Gasteiger partial charge in [0.25, 0.3) is 0 Å². The van der Waals surface area contributed by atoms with Gasteiger partial charge in [-0.15, -0.1) is 11.3 Å². The standard InChI is InChI=1S/C15H16N4S/c1-2-3-12-14(16)17-9-18-15(12)19-11-4-5-13-10(8-11)6-7-20-13/h4-9H,2-3H2,1H3,(H3,16,17,18,19). The van der Waals surface area contributed by atoms with Crippen molar-refractivity contribution in [1.29, 1.82) is 0 Å². The molecule has 0 spiro atoms. The number of rotatable bonds is 4. The Morgan fingerprint density at radius 2 is 2.15 bits per heavy atom. The molecule has 3 aromatic rings. The van der Waals surface area contributed by atoms with Gasteiger partial charge in [0.05, 0.1) is 0 Å². The Balaban J connectivity index is 1.95. The second kappa shape index (κ2) is 5.46. The van der Waals surface area contributed by atoms with Gasteiger partial charge < -0.3 is 11.1 Å². The molecule has 4 nitrogen and oxygen atoms in total. The highest BCUT2D eigenvalue weighted by molar-refractivity contribution is 7.17. The Morgan fingerprint density at radius 3 is 3.00 bits per heavy atom. The largest absolute Gasteiger partial charge is 0.383 e. The van der Waals surface area contributed by atoms with Gasteiger partial charge in [0.2, 0.25) is 0 Å². The van der Waals surface area contributed by atoms with Crippen molar-refractivity contribution in [3.8, 4) is 0 Å². The van der Waals surface area contributed by atoms with Crippen molar-refractivity contribution in [2.24, 2.45) is 0 Å². The average molecular weight is 284 g/mol. The van der Waals surface area contributed by atoms with E-state index < -0.39 is 0 Å². The summed E-state index contributed by atoms with van der Waals surface area (Å²) >= 11 is 1.74. The van der Waals surface area contributed by atoms with E-state index in [1.165, 1.54) is 16.4 Å². The number of nitrogens with two attached hydrogens (primary N) is 1. The van der Waals surface area contributed by atoms with Crippen LogP contribution in [0.25, 0.3) is 10.1 Å². The number of hydrogen-bond donors (Lipinski definition) is 2. The van der Waals surface area contributed by atoms with Gasteiger partial charge in [-0.2, -0.15) is 0 Å². The first-order valence-corrected chi connectivity index (χ1v) is 7.49. The summed E-state index contributed by atoms with van der Waals surface area (Å²) in [6, 6.07) is 8.42. The molecule has 0 saturated carbocycles. The van der Waals surface area contributed by atoms with Crippen LogP contribution >= 0.6 is 11.3 Å². The first-order valence-electron chi connectivity index (χ1n) is 6.61. The quantitative estimate of drug-likeness (QED) is 0.761. The van der Waals surface area contributed by atoms with Crippen molar-refractivity contribution >= 4 is 38.7 Å². The number of hydrogen-bond acceptors (Lipinski definition) is 5. The number of thiophene rings is 1. The molecule has 1 aromatic carbocycles. The van der Waals surface area contributed by atoms with Gasteiger partial charge in [0.15, 0.2) is 0 Å². The first kappa shape index (κ1) is 12.9. The number of nitrogens with zero attached hydrogens (tertiary/aromatic N) is 2. The van der Waals surface area contributed by atoms with Crippen LogP contribution in [0.3, 0.4) is 0 Å². The molecule has 0 aliphatic heterocycles. The molecule has 0 bridgehead atoms. The molecule has 0 amide bonds. The minimum atomic E-state index is 0.556. The predicted molar refractivity (Wildman–Crippen MR) is 85.5 cm³/mol. The molecule has 3 N–H and O–H groups in total. The zero-order valence-corrected chi connectivity index (χ0v) is 12.1. The molecule has 102 valence electrons. The fourth-order valence-electron chi connectivity index (χ4n) is 2.21. The summed E-state index contributed by atoms with van der Waals surface area (Å²) in [5, 5.41) is 6.69. The van der Waals surface area contributed by atoms with Crippen LogP contribution in [0.15, 0.2) is 36.0 Å². The summed E-state index contributed by atoms with van der Waals surface area (Å²) in [5.41, 5.74) is 7.95. The van der Waals surface area contributed by atoms with E-state index >= 15 is 0 Å². The topological polar surface area (TPSA) is 63.8 Å². The van der Waals surface area contributed by atoms with Crippen molar-refractivity contribution in [2.45, 2.75) is 19.8 Å². The van der Waals surface area contributed by atoms with Crippen LogP contribution < -0.4 is 11.1 Å². The number of benzene rings is 1. The number of fused-ring (bicyclic) bond motifs is 1. The Bertz CT molecular complexity index is 736. The monoisotopic (exact) mass is 284 g/mol. The summed E-state index contributed by atoms with van der Waals surface area (Å²) in [5.74, 6) is 1.36. The number of anilines is 3. The minimum Gasteiger partial charge on any atom is -0.383 e. The van der Waals surface area contributed by atoms with Crippen LogP contribution in [-0.4, -0.2) is 9.97 Å². The second-order valence-electron chi connectivity index (χ2n) is 4.63. The maximum absolute atomic E-state index is 5.95. The second-order valence-corrected chi connectivity index (χ2v) is 5.58. The Kier molecular flexibility index (Phi) is 3.52. The van der Waals surface area contributed by atoms with E-state index in [9.17, 15) is 0 Å². The average Bonchev–Trinajstić information content (AvgIpc) is 2.90. The Labute approximate surface area is 121 Å². The third kappa shape index (κ3) is 2.44. The summed E-state index contributed by atoms with van der Waals surface area (Å²) in [7, 11) is 0. The molecule has 2 heterocycles. The lowest BCUT2D eigenvalue weighted by atomic mass is 10.1. The molecule has 0 atom stereocenters. The molecule has 0 aliphatic carbocycles. The van der Waals surface area contributed by atoms with Crippen molar-refractivity contribution in [3.05, 3.63) is 41.5 Å². The SMILES string of the molecule is CCCc1c(N)ncnc1Nc1ccc2sccc2c1. The van der Waals surface area contributed by atoms with Crippen molar-refractivity contribution < 1.29 is 0 Å². The molecule has 0 radical (unpaired) electrons. The van der Waals surface area contributed by atoms with Crippen LogP contribution in [0.4, 0.5) is 17.3 Å². The third-order valence-electron chi connectivity index (χ3n) is 3.19. The van der Waals surface area contributed by atoms with Gasteiger partial charge in [-0.25, -0.2) is 9.97 Å². The zero-order chi connectivity index (χ0) is 13.9. The Hall–Kier alpha value is -2.14. The number of aromatic nitrogens is 2. The van der Waals surface area contributed by atoms with Gasteiger partial charge in [-0.3, -0.25) is 0 Å². The predicted octanol–water partition coefficient (Wildman–Crippen LogP) is 3.97. The molecule has 3 rings (SSSR count). The maximum atomic E-state index is 5.95. The van der Waals surface area contributed by atoms with Gasteiger partial charge in [-0.1, -0.05) is 13.3 Å². The van der Waals surface area contributed by atoms with Crippen LogP contribution in [0.1, 0.15) is 18.9 Å². The fraction of sp³-hybridized carbons (Fsp3) is 0.200. The molecular formula is C15H16N4S. The highest BCUT2D eigenvalue weighted by atomic mass is 32.1. The van der Waals surface area contributed by atoms with E-state index in [0.717, 1.165) is 29.9 Å². The molecule has 0 unspecified atom stereocenters. The minimum absolute atomic E-state index is 0.556. The Morgan fingerprint density at radius 1 is 1.25 bits per heavy atom. The number of nitrogen functional groups attached to an aromatic ring is 1. The van der Waals surface area contributed by atoms with E-state index in [1.54, 1.807) is 11.3 Å². The highest BCUT2D eigenvalue weighted by Gasteiger charge is 2.09. The van der Waals surface area contributed by atoms with E-state index in [-0.39, 0.29) is 0 Å². The van der Waals surface area contributed by atoms with Crippen molar-refractivity contribution in [3.63, 3.8) is 0 Å². The molecule has 2 aromatic heterocycles. The molecule has 0 aliphatic rings. The third-order valence-corrected chi connectivity index (χ3v) is 4.09. The summed E-state index contributed by atoms with van der Waals surface area (Å²) < 4.78 is 1.28. The smallest absolute Gasteiger partial charge is 0.139 e.